The second-order valence-corrected chi connectivity index (χ2v) is 9.00. The van der Waals surface area contributed by atoms with Crippen LogP contribution < -0.4 is 0 Å². The smallest absolute Gasteiger partial charge is 0.269 e. The zero-order chi connectivity index (χ0) is 23.1. The molecule has 5 aromatic rings. The number of rotatable bonds is 5. The van der Waals surface area contributed by atoms with E-state index < -0.39 is 5.24 Å². The zero-order valence-electron chi connectivity index (χ0n) is 17.5. The van der Waals surface area contributed by atoms with Gasteiger partial charge in [0.25, 0.3) is 5.24 Å². The van der Waals surface area contributed by atoms with E-state index in [1.807, 2.05) is 60.7 Å². The normalized spacial score (nSPS) is 12.2. The van der Waals surface area contributed by atoms with Crippen molar-refractivity contribution < 1.29 is 4.79 Å². The molecule has 1 atom stereocenters. The first-order chi connectivity index (χ1) is 15.9. The maximum absolute atomic E-state index is 12.5. The summed E-state index contributed by atoms with van der Waals surface area (Å²) in [4.78, 5) is 20.4. The second-order valence-electron chi connectivity index (χ2n) is 7.78. The molecule has 0 saturated carbocycles. The van der Waals surface area contributed by atoms with Gasteiger partial charge in [-0.2, -0.15) is 0 Å². The SMILES string of the molecule is CC(c1ccc(Cl)cc1)n1cnc(-c2ccccc2)c1-c1c(C(=O)Cl)[nH]c2cc(Cl)ccc12. The topological polar surface area (TPSA) is 50.7 Å². The van der Waals surface area contributed by atoms with Crippen molar-refractivity contribution in [3.63, 3.8) is 0 Å². The van der Waals surface area contributed by atoms with Gasteiger partial charge in [-0.25, -0.2) is 4.98 Å². The summed E-state index contributed by atoms with van der Waals surface area (Å²) < 4.78 is 2.06. The summed E-state index contributed by atoms with van der Waals surface area (Å²) in [5.41, 5.74) is 5.26. The number of halogens is 3. The molecular weight excluding hydrogens is 477 g/mol. The number of hydrogen-bond donors (Lipinski definition) is 1. The van der Waals surface area contributed by atoms with Crippen LogP contribution in [0.3, 0.4) is 0 Å². The van der Waals surface area contributed by atoms with Crippen molar-refractivity contribution in [3.8, 4) is 22.5 Å². The first-order valence-corrected chi connectivity index (χ1v) is 11.5. The van der Waals surface area contributed by atoms with Crippen molar-refractivity contribution in [2.75, 3.05) is 0 Å². The largest absolute Gasteiger partial charge is 0.350 e. The Labute approximate surface area is 205 Å². The predicted octanol–water partition coefficient (Wildman–Crippen LogP) is 7.99. The second kappa shape index (κ2) is 8.71. The molecule has 1 unspecified atom stereocenters. The van der Waals surface area contributed by atoms with Gasteiger partial charge in [0.05, 0.1) is 23.8 Å². The van der Waals surface area contributed by atoms with E-state index in [4.69, 9.17) is 39.8 Å². The molecule has 0 spiro atoms. The van der Waals surface area contributed by atoms with Crippen LogP contribution in [-0.4, -0.2) is 19.8 Å². The number of hydrogen-bond acceptors (Lipinski definition) is 2. The van der Waals surface area contributed by atoms with E-state index >= 15 is 0 Å². The maximum atomic E-state index is 12.5. The minimum atomic E-state index is -0.580. The highest BCUT2D eigenvalue weighted by Crippen LogP contribution is 2.41. The molecule has 2 heterocycles. The van der Waals surface area contributed by atoms with Crippen molar-refractivity contribution in [3.05, 3.63) is 100 Å². The minimum absolute atomic E-state index is 0.0854. The van der Waals surface area contributed by atoms with Crippen molar-refractivity contribution in [2.24, 2.45) is 0 Å². The number of fused-ring (bicyclic) bond motifs is 1. The van der Waals surface area contributed by atoms with Gasteiger partial charge in [0.15, 0.2) is 0 Å². The molecule has 0 amide bonds. The van der Waals surface area contributed by atoms with Gasteiger partial charge in [-0.1, -0.05) is 71.7 Å². The van der Waals surface area contributed by atoms with E-state index in [9.17, 15) is 4.79 Å². The third-order valence-electron chi connectivity index (χ3n) is 5.80. The lowest BCUT2D eigenvalue weighted by Gasteiger charge is -2.19. The average Bonchev–Trinajstić information content (AvgIpc) is 3.40. The fraction of sp³-hybridized carbons (Fsp3) is 0.0769. The fourth-order valence-electron chi connectivity index (χ4n) is 4.17. The quantitative estimate of drug-likeness (QED) is 0.252. The molecule has 164 valence electrons. The van der Waals surface area contributed by atoms with Crippen molar-refractivity contribution in [1.82, 2.24) is 14.5 Å². The van der Waals surface area contributed by atoms with E-state index in [-0.39, 0.29) is 6.04 Å². The summed E-state index contributed by atoms with van der Waals surface area (Å²) in [5, 5.41) is 1.49. The Bertz CT molecular complexity index is 1470. The fourth-order valence-corrected chi connectivity index (χ4v) is 4.61. The lowest BCUT2D eigenvalue weighted by atomic mass is 10.0. The summed E-state index contributed by atoms with van der Waals surface area (Å²) >= 11 is 18.4. The van der Waals surface area contributed by atoms with Crippen LogP contribution >= 0.6 is 34.8 Å². The first kappa shape index (κ1) is 21.8. The number of H-pyrrole nitrogens is 1. The van der Waals surface area contributed by atoms with E-state index in [0.717, 1.165) is 33.4 Å². The van der Waals surface area contributed by atoms with E-state index in [0.29, 0.717) is 21.3 Å². The van der Waals surface area contributed by atoms with E-state index in [1.54, 1.807) is 18.5 Å². The van der Waals surface area contributed by atoms with Gasteiger partial charge < -0.3 is 9.55 Å². The Kier molecular flexibility index (Phi) is 5.75. The molecule has 5 rings (SSSR count). The Morgan fingerprint density at radius 3 is 2.36 bits per heavy atom. The summed E-state index contributed by atoms with van der Waals surface area (Å²) in [7, 11) is 0. The summed E-state index contributed by atoms with van der Waals surface area (Å²) in [6.07, 6.45) is 1.80. The Morgan fingerprint density at radius 1 is 0.970 bits per heavy atom. The van der Waals surface area contributed by atoms with Crippen LogP contribution in [0.25, 0.3) is 33.4 Å². The molecule has 0 fully saturated rings. The van der Waals surface area contributed by atoms with Gasteiger partial charge in [0.1, 0.15) is 5.69 Å². The lowest BCUT2D eigenvalue weighted by Crippen LogP contribution is -2.08. The molecule has 7 heteroatoms. The molecule has 0 bridgehead atoms. The van der Waals surface area contributed by atoms with E-state index in [1.165, 1.54) is 0 Å². The standard InChI is InChI=1S/C26H18Cl3N3O/c1-15(16-7-9-18(27)10-8-16)32-14-30-23(17-5-3-2-4-6-17)25(32)22-20-12-11-19(28)13-21(20)31-24(22)26(29)33/h2-15,31H,1H3. The number of benzene rings is 3. The minimum Gasteiger partial charge on any atom is -0.350 e. The molecule has 0 saturated heterocycles. The van der Waals surface area contributed by atoms with Gasteiger partial charge in [-0.05, 0) is 48.4 Å². The van der Waals surface area contributed by atoms with Gasteiger partial charge >= 0.3 is 0 Å². The summed E-state index contributed by atoms with van der Waals surface area (Å²) in [6.45, 7) is 2.08. The van der Waals surface area contributed by atoms with Gasteiger partial charge in [-0.15, -0.1) is 0 Å². The van der Waals surface area contributed by atoms with Crippen LogP contribution in [0.2, 0.25) is 10.0 Å². The molecule has 2 aromatic heterocycles. The number of aromatic amines is 1. The number of aromatic nitrogens is 3. The summed E-state index contributed by atoms with van der Waals surface area (Å²) in [5.74, 6) is 0. The molecule has 0 radical (unpaired) electrons. The Hall–Kier alpha value is -3.05. The maximum Gasteiger partial charge on any atom is 0.269 e. The monoisotopic (exact) mass is 493 g/mol. The Balaban J connectivity index is 1.83. The van der Waals surface area contributed by atoms with Crippen molar-refractivity contribution >= 4 is 50.9 Å². The van der Waals surface area contributed by atoms with Gasteiger partial charge in [-0.3, -0.25) is 4.79 Å². The molecule has 0 aliphatic heterocycles. The molecular formula is C26H18Cl3N3O. The lowest BCUT2D eigenvalue weighted by molar-refractivity contribution is 0.107. The highest BCUT2D eigenvalue weighted by molar-refractivity contribution is 6.68. The molecule has 1 N–H and O–H groups in total. The van der Waals surface area contributed by atoms with Crippen molar-refractivity contribution in [1.29, 1.82) is 0 Å². The number of nitrogens with one attached hydrogen (secondary N) is 1. The van der Waals surface area contributed by atoms with Gasteiger partial charge in [0, 0.05) is 32.1 Å². The number of imidazole rings is 1. The third-order valence-corrected chi connectivity index (χ3v) is 6.48. The van der Waals surface area contributed by atoms with E-state index in [2.05, 4.69) is 16.5 Å². The van der Waals surface area contributed by atoms with Crippen LogP contribution in [0.4, 0.5) is 0 Å². The highest BCUT2D eigenvalue weighted by atomic mass is 35.5. The predicted molar refractivity (Wildman–Crippen MR) is 135 cm³/mol. The third kappa shape index (κ3) is 3.95. The first-order valence-electron chi connectivity index (χ1n) is 10.3. The van der Waals surface area contributed by atoms with Gasteiger partial charge in [0.2, 0.25) is 0 Å². The average molecular weight is 495 g/mol. The highest BCUT2D eigenvalue weighted by Gasteiger charge is 2.26. The summed E-state index contributed by atoms with van der Waals surface area (Å²) in [6, 6.07) is 23.0. The zero-order valence-corrected chi connectivity index (χ0v) is 19.8. The van der Waals surface area contributed by atoms with Crippen LogP contribution in [0.15, 0.2) is 79.1 Å². The number of nitrogens with zero attached hydrogens (tertiary/aromatic N) is 2. The van der Waals surface area contributed by atoms with Crippen molar-refractivity contribution in [2.45, 2.75) is 13.0 Å². The molecule has 0 aliphatic rings. The van der Waals surface area contributed by atoms with Crippen LogP contribution in [0, 0.1) is 0 Å². The number of carbonyl (C=O) groups is 1. The Morgan fingerprint density at radius 2 is 1.67 bits per heavy atom. The van der Waals surface area contributed by atoms with Crippen LogP contribution in [0.5, 0.6) is 0 Å². The molecule has 3 aromatic carbocycles. The number of carbonyl (C=O) groups excluding carboxylic acids is 1. The van der Waals surface area contributed by atoms with Crippen LogP contribution in [0.1, 0.15) is 29.0 Å². The van der Waals surface area contributed by atoms with Crippen LogP contribution in [-0.2, 0) is 0 Å². The molecule has 4 nitrogen and oxygen atoms in total. The molecule has 0 aliphatic carbocycles. The molecule has 33 heavy (non-hydrogen) atoms.